The molecule has 1 aliphatic carbocycles. The Morgan fingerprint density at radius 2 is 0.841 bits per heavy atom. The maximum Gasteiger partial charge on any atom is 0.136 e. The molecule has 298 valence electrons. The lowest BCUT2D eigenvalue weighted by Gasteiger charge is -2.28. The Labute approximate surface area is 368 Å². The maximum atomic E-state index is 6.28. The average Bonchev–Trinajstić information content (AvgIpc) is 3.82. The topological polar surface area (TPSA) is 16.4 Å². The Hall–Kier alpha value is -7.94. The van der Waals surface area contributed by atoms with Crippen molar-refractivity contribution in [1.29, 1.82) is 0 Å². The van der Waals surface area contributed by atoms with Crippen LogP contribution in [-0.2, 0) is 5.41 Å². The number of nitrogens with zero attached hydrogens (tertiary/aromatic N) is 1. The zero-order valence-corrected chi connectivity index (χ0v) is 35.2. The fourth-order valence-electron chi connectivity index (χ4n) is 10.1. The predicted molar refractivity (Wildman–Crippen MR) is 265 cm³/mol. The molecule has 0 unspecified atom stereocenters. The molecule has 0 bridgehead atoms. The number of hydrogen-bond donors (Lipinski definition) is 0. The zero-order chi connectivity index (χ0) is 42.1. The maximum absolute atomic E-state index is 6.28. The Morgan fingerprint density at radius 1 is 0.317 bits per heavy atom. The van der Waals surface area contributed by atoms with E-state index in [2.05, 4.69) is 231 Å². The molecule has 0 N–H and O–H groups in total. The van der Waals surface area contributed by atoms with Gasteiger partial charge in [0.05, 0.1) is 0 Å². The Morgan fingerprint density at radius 3 is 1.63 bits per heavy atom. The summed E-state index contributed by atoms with van der Waals surface area (Å²) in [4.78, 5) is 2.40. The Kier molecular flexibility index (Phi) is 8.55. The highest BCUT2D eigenvalue weighted by molar-refractivity contribution is 6.06. The highest BCUT2D eigenvalue weighted by Gasteiger charge is 2.36. The minimum atomic E-state index is -0.189. The highest BCUT2D eigenvalue weighted by atomic mass is 16.3. The van der Waals surface area contributed by atoms with Crippen LogP contribution in [0.15, 0.2) is 229 Å². The highest BCUT2D eigenvalue weighted by Crippen LogP contribution is 2.52. The number of hydrogen-bond acceptors (Lipinski definition) is 2. The molecule has 0 atom stereocenters. The third-order valence-corrected chi connectivity index (χ3v) is 13.3. The molecule has 1 aromatic heterocycles. The van der Waals surface area contributed by atoms with Crippen LogP contribution in [0.4, 0.5) is 17.1 Å². The normalized spacial score (nSPS) is 12.7. The molecule has 1 aliphatic rings. The van der Waals surface area contributed by atoms with E-state index in [1.54, 1.807) is 0 Å². The van der Waals surface area contributed by atoms with E-state index in [-0.39, 0.29) is 5.41 Å². The summed E-state index contributed by atoms with van der Waals surface area (Å²) in [6.45, 7) is 4.74. The molecular weight excluding hydrogens is 763 g/mol. The summed E-state index contributed by atoms with van der Waals surface area (Å²) in [5.74, 6) is 0. The second-order valence-corrected chi connectivity index (χ2v) is 17.3. The van der Waals surface area contributed by atoms with E-state index < -0.39 is 0 Å². The van der Waals surface area contributed by atoms with Crippen molar-refractivity contribution >= 4 is 49.8 Å². The summed E-state index contributed by atoms with van der Waals surface area (Å²) >= 11 is 0. The summed E-state index contributed by atoms with van der Waals surface area (Å²) in [5.41, 5.74) is 19.9. The third-order valence-electron chi connectivity index (χ3n) is 13.3. The minimum Gasteiger partial charge on any atom is -0.456 e. The largest absolute Gasteiger partial charge is 0.456 e. The van der Waals surface area contributed by atoms with Crippen molar-refractivity contribution in [3.05, 3.63) is 236 Å². The fourth-order valence-corrected chi connectivity index (χ4v) is 10.1. The van der Waals surface area contributed by atoms with Gasteiger partial charge in [-0.2, -0.15) is 0 Å². The summed E-state index contributed by atoms with van der Waals surface area (Å²) in [6, 6.07) is 81.7. The molecule has 0 aliphatic heterocycles. The van der Waals surface area contributed by atoms with Crippen LogP contribution in [0.25, 0.3) is 88.3 Å². The molecule has 0 amide bonds. The first kappa shape index (κ1) is 36.9. The molecule has 10 aromatic carbocycles. The fraction of sp³-hybridized carbons (Fsp3) is 0.0492. The first-order valence-electron chi connectivity index (χ1n) is 21.8. The van der Waals surface area contributed by atoms with E-state index in [1.807, 2.05) is 12.1 Å². The number of fused-ring (bicyclic) bond motifs is 7. The van der Waals surface area contributed by atoms with Crippen LogP contribution in [0.2, 0.25) is 0 Å². The van der Waals surface area contributed by atoms with E-state index in [0.29, 0.717) is 0 Å². The van der Waals surface area contributed by atoms with Crippen LogP contribution in [0.1, 0.15) is 25.0 Å². The molecule has 12 rings (SSSR count). The molecule has 1 heterocycles. The summed E-state index contributed by atoms with van der Waals surface area (Å²) in [7, 11) is 0. The van der Waals surface area contributed by atoms with Crippen molar-refractivity contribution in [1.82, 2.24) is 0 Å². The molecule has 0 spiro atoms. The van der Waals surface area contributed by atoms with Crippen LogP contribution in [0, 0.1) is 0 Å². The SMILES string of the molecule is CC1(C)c2cc(-c3ccccc3)ccc2-c2ccc(N(c3ccc(-c4ccc5c(c4)oc4ccccc45)cc3)c3ccc(-c4ccccc4-c4cccc5ccccc45)cc3)cc21. The van der Waals surface area contributed by atoms with Gasteiger partial charge in [0.15, 0.2) is 0 Å². The smallest absolute Gasteiger partial charge is 0.136 e. The van der Waals surface area contributed by atoms with Crippen LogP contribution in [0.3, 0.4) is 0 Å². The van der Waals surface area contributed by atoms with E-state index in [0.717, 1.165) is 50.1 Å². The van der Waals surface area contributed by atoms with Crippen molar-refractivity contribution < 1.29 is 4.42 Å². The van der Waals surface area contributed by atoms with Gasteiger partial charge in [-0.05, 0) is 138 Å². The van der Waals surface area contributed by atoms with Gasteiger partial charge in [-0.25, -0.2) is 0 Å². The van der Waals surface area contributed by atoms with Gasteiger partial charge in [0.2, 0.25) is 0 Å². The quantitative estimate of drug-likeness (QED) is 0.160. The number of para-hydroxylation sites is 1. The number of rotatable bonds is 7. The van der Waals surface area contributed by atoms with Gasteiger partial charge in [-0.15, -0.1) is 0 Å². The minimum absolute atomic E-state index is 0.189. The lowest BCUT2D eigenvalue weighted by Crippen LogP contribution is -2.16. The van der Waals surface area contributed by atoms with Crippen molar-refractivity contribution in [2.75, 3.05) is 4.90 Å². The van der Waals surface area contributed by atoms with E-state index >= 15 is 0 Å². The van der Waals surface area contributed by atoms with Crippen LogP contribution < -0.4 is 4.90 Å². The zero-order valence-electron chi connectivity index (χ0n) is 35.2. The van der Waals surface area contributed by atoms with Crippen LogP contribution in [-0.4, -0.2) is 0 Å². The molecule has 2 nitrogen and oxygen atoms in total. The van der Waals surface area contributed by atoms with Gasteiger partial charge in [-0.3, -0.25) is 0 Å². The first-order chi connectivity index (χ1) is 31.0. The van der Waals surface area contributed by atoms with E-state index in [4.69, 9.17) is 4.42 Å². The lowest BCUT2D eigenvalue weighted by molar-refractivity contribution is 0.660. The molecule has 2 heteroatoms. The van der Waals surface area contributed by atoms with Gasteiger partial charge < -0.3 is 9.32 Å². The second-order valence-electron chi connectivity index (χ2n) is 17.3. The van der Waals surface area contributed by atoms with Gasteiger partial charge in [0, 0.05) is 33.2 Å². The average molecular weight is 806 g/mol. The lowest BCUT2D eigenvalue weighted by atomic mass is 9.81. The van der Waals surface area contributed by atoms with Gasteiger partial charge >= 0.3 is 0 Å². The number of anilines is 3. The van der Waals surface area contributed by atoms with Crippen molar-refractivity contribution in [3.63, 3.8) is 0 Å². The van der Waals surface area contributed by atoms with Crippen molar-refractivity contribution in [3.8, 4) is 55.6 Å². The summed E-state index contributed by atoms with van der Waals surface area (Å²) < 4.78 is 6.28. The van der Waals surface area contributed by atoms with E-state index in [1.165, 1.54) is 66.4 Å². The number of furan rings is 1. The second kappa shape index (κ2) is 14.6. The van der Waals surface area contributed by atoms with E-state index in [9.17, 15) is 0 Å². The van der Waals surface area contributed by atoms with Crippen LogP contribution >= 0.6 is 0 Å². The standard InChI is InChI=1S/C61H43NO/c1-61(2)57-37-44(40-13-4-3-5-14-40)27-34-53(57)54-36-33-48(39-58(54)61)62(46-29-23-41(24-30-46)45-28-35-56-55-20-10-11-22-59(55)63-60(56)38-45)47-31-25-43(26-32-47)50-18-8-9-19-51(50)52-21-12-16-42-15-6-7-17-49(42)52/h3-39H,1-2H3. The molecule has 0 radical (unpaired) electrons. The molecular formula is C61H43NO. The third kappa shape index (κ3) is 6.17. The Balaban J connectivity index is 0.953. The molecule has 11 aromatic rings. The van der Waals surface area contributed by atoms with Crippen molar-refractivity contribution in [2.45, 2.75) is 19.3 Å². The molecule has 0 fully saturated rings. The number of benzene rings is 10. The molecule has 0 saturated carbocycles. The van der Waals surface area contributed by atoms with Gasteiger partial charge in [-0.1, -0.05) is 178 Å². The van der Waals surface area contributed by atoms with Crippen LogP contribution in [0.5, 0.6) is 0 Å². The summed E-state index contributed by atoms with van der Waals surface area (Å²) in [6.07, 6.45) is 0. The van der Waals surface area contributed by atoms with Gasteiger partial charge in [0.25, 0.3) is 0 Å². The van der Waals surface area contributed by atoms with Crippen molar-refractivity contribution in [2.24, 2.45) is 0 Å². The predicted octanol–water partition coefficient (Wildman–Crippen LogP) is 17.2. The Bertz CT molecular complexity index is 3520. The first-order valence-corrected chi connectivity index (χ1v) is 21.8. The molecule has 0 saturated heterocycles. The monoisotopic (exact) mass is 805 g/mol. The van der Waals surface area contributed by atoms with Gasteiger partial charge in [0.1, 0.15) is 11.2 Å². The summed E-state index contributed by atoms with van der Waals surface area (Å²) in [5, 5.41) is 4.78. The molecule has 63 heavy (non-hydrogen) atoms.